The van der Waals surface area contributed by atoms with Crippen LogP contribution in [0.3, 0.4) is 0 Å². The van der Waals surface area contributed by atoms with E-state index in [4.69, 9.17) is 19.9 Å². The molecule has 1 aromatic carbocycles. The van der Waals surface area contributed by atoms with Crippen molar-refractivity contribution in [2.45, 2.75) is 26.3 Å². The van der Waals surface area contributed by atoms with E-state index < -0.39 is 0 Å². The maximum absolute atomic E-state index is 6.21. The van der Waals surface area contributed by atoms with Gasteiger partial charge in [0.05, 0.1) is 21.3 Å². The van der Waals surface area contributed by atoms with E-state index in [0.717, 1.165) is 17.7 Å². The summed E-state index contributed by atoms with van der Waals surface area (Å²) in [5.41, 5.74) is 7.16. The zero-order valence-corrected chi connectivity index (χ0v) is 13.0. The van der Waals surface area contributed by atoms with Crippen LogP contribution in [0.5, 0.6) is 17.2 Å². The van der Waals surface area contributed by atoms with E-state index in [1.165, 1.54) is 0 Å². The lowest BCUT2D eigenvalue weighted by Crippen LogP contribution is -2.14. The molecule has 0 amide bonds. The third kappa shape index (κ3) is 4.48. The average Bonchev–Trinajstić information content (AvgIpc) is 2.36. The number of methoxy groups -OCH3 is 3. The van der Waals surface area contributed by atoms with Gasteiger partial charge < -0.3 is 19.9 Å². The van der Waals surface area contributed by atoms with Crippen LogP contribution >= 0.6 is 12.4 Å². The second kappa shape index (κ2) is 8.12. The van der Waals surface area contributed by atoms with Crippen molar-refractivity contribution in [2.75, 3.05) is 21.3 Å². The molecule has 19 heavy (non-hydrogen) atoms. The van der Waals surface area contributed by atoms with Crippen LogP contribution in [0.15, 0.2) is 12.1 Å². The number of rotatable bonds is 6. The third-order valence-electron chi connectivity index (χ3n) is 2.86. The number of hydrogen-bond acceptors (Lipinski definition) is 4. The van der Waals surface area contributed by atoms with Crippen molar-refractivity contribution >= 4 is 12.4 Å². The summed E-state index contributed by atoms with van der Waals surface area (Å²) in [6.07, 6.45) is 0.895. The summed E-state index contributed by atoms with van der Waals surface area (Å²) < 4.78 is 15.9. The minimum atomic E-state index is -0.0697. The first-order chi connectivity index (χ1) is 8.53. The van der Waals surface area contributed by atoms with E-state index in [2.05, 4.69) is 13.8 Å². The molecule has 2 N–H and O–H groups in total. The van der Waals surface area contributed by atoms with E-state index >= 15 is 0 Å². The van der Waals surface area contributed by atoms with E-state index in [-0.39, 0.29) is 18.4 Å². The summed E-state index contributed by atoms with van der Waals surface area (Å²) in [6, 6.07) is 3.64. The molecule has 0 heterocycles. The highest BCUT2D eigenvalue weighted by molar-refractivity contribution is 5.85. The van der Waals surface area contributed by atoms with Crippen molar-refractivity contribution in [3.8, 4) is 17.2 Å². The molecule has 0 spiro atoms. The molecular formula is C14H24ClNO3. The Bertz CT molecular complexity index is 397. The molecule has 1 atom stereocenters. The Morgan fingerprint density at radius 1 is 0.947 bits per heavy atom. The molecule has 0 fully saturated rings. The van der Waals surface area contributed by atoms with Gasteiger partial charge in [0, 0.05) is 17.7 Å². The van der Waals surface area contributed by atoms with Gasteiger partial charge in [-0.3, -0.25) is 0 Å². The van der Waals surface area contributed by atoms with Crippen molar-refractivity contribution in [2.24, 2.45) is 11.7 Å². The van der Waals surface area contributed by atoms with Crippen molar-refractivity contribution in [3.05, 3.63) is 17.7 Å². The normalized spacial score (nSPS) is 11.7. The van der Waals surface area contributed by atoms with Gasteiger partial charge in [0.15, 0.2) is 11.5 Å². The van der Waals surface area contributed by atoms with Gasteiger partial charge in [-0.1, -0.05) is 13.8 Å². The van der Waals surface area contributed by atoms with Crippen LogP contribution in [-0.2, 0) is 0 Å². The Morgan fingerprint density at radius 2 is 1.42 bits per heavy atom. The molecule has 0 aliphatic rings. The first-order valence-corrected chi connectivity index (χ1v) is 6.09. The van der Waals surface area contributed by atoms with Crippen LogP contribution in [0.25, 0.3) is 0 Å². The second-order valence-corrected chi connectivity index (χ2v) is 4.69. The van der Waals surface area contributed by atoms with Crippen LogP contribution < -0.4 is 19.9 Å². The SMILES string of the molecule is COc1cc(OC)c([C@@H](N)CC(C)C)cc1OC.Cl. The molecule has 4 nitrogen and oxygen atoms in total. The highest BCUT2D eigenvalue weighted by Gasteiger charge is 2.17. The van der Waals surface area contributed by atoms with Gasteiger partial charge in [0.2, 0.25) is 0 Å². The fraction of sp³-hybridized carbons (Fsp3) is 0.571. The van der Waals surface area contributed by atoms with Gasteiger partial charge in [-0.05, 0) is 18.4 Å². The summed E-state index contributed by atoms with van der Waals surface area (Å²) in [7, 11) is 4.85. The van der Waals surface area contributed by atoms with Gasteiger partial charge >= 0.3 is 0 Å². The Balaban J connectivity index is 0.00000324. The molecule has 0 unspecified atom stereocenters. The zero-order valence-electron chi connectivity index (χ0n) is 12.2. The quantitative estimate of drug-likeness (QED) is 0.874. The van der Waals surface area contributed by atoms with Crippen LogP contribution in [0, 0.1) is 5.92 Å². The van der Waals surface area contributed by atoms with Crippen molar-refractivity contribution < 1.29 is 14.2 Å². The lowest BCUT2D eigenvalue weighted by Gasteiger charge is -2.19. The lowest BCUT2D eigenvalue weighted by molar-refractivity contribution is 0.345. The Hall–Kier alpha value is -1.13. The fourth-order valence-corrected chi connectivity index (χ4v) is 1.98. The van der Waals surface area contributed by atoms with Gasteiger partial charge in [-0.25, -0.2) is 0 Å². The Labute approximate surface area is 121 Å². The van der Waals surface area contributed by atoms with Crippen LogP contribution in [0.2, 0.25) is 0 Å². The van der Waals surface area contributed by atoms with E-state index in [0.29, 0.717) is 17.4 Å². The molecule has 0 saturated heterocycles. The van der Waals surface area contributed by atoms with Gasteiger partial charge in [0.25, 0.3) is 0 Å². The molecule has 1 rings (SSSR count). The summed E-state index contributed by atoms with van der Waals surface area (Å²) >= 11 is 0. The topological polar surface area (TPSA) is 53.7 Å². The zero-order chi connectivity index (χ0) is 13.7. The molecule has 0 saturated carbocycles. The Morgan fingerprint density at radius 3 is 1.84 bits per heavy atom. The van der Waals surface area contributed by atoms with Crippen molar-refractivity contribution in [3.63, 3.8) is 0 Å². The molecular weight excluding hydrogens is 266 g/mol. The van der Waals surface area contributed by atoms with Crippen LogP contribution in [-0.4, -0.2) is 21.3 Å². The molecule has 1 aromatic rings. The second-order valence-electron chi connectivity index (χ2n) is 4.69. The van der Waals surface area contributed by atoms with E-state index in [1.54, 1.807) is 21.3 Å². The van der Waals surface area contributed by atoms with Crippen molar-refractivity contribution in [1.29, 1.82) is 0 Å². The smallest absolute Gasteiger partial charge is 0.164 e. The maximum atomic E-state index is 6.21. The summed E-state index contributed by atoms with van der Waals surface area (Å²) in [4.78, 5) is 0. The van der Waals surface area contributed by atoms with Gasteiger partial charge in [0.1, 0.15) is 5.75 Å². The molecule has 110 valence electrons. The molecule has 0 bridgehead atoms. The number of halogens is 1. The first kappa shape index (κ1) is 17.9. The predicted molar refractivity (Wildman–Crippen MR) is 79.7 cm³/mol. The van der Waals surface area contributed by atoms with E-state index in [1.807, 2.05) is 12.1 Å². The van der Waals surface area contributed by atoms with Gasteiger partial charge in [-0.15, -0.1) is 12.4 Å². The maximum Gasteiger partial charge on any atom is 0.164 e. The molecule has 0 aromatic heterocycles. The monoisotopic (exact) mass is 289 g/mol. The number of benzene rings is 1. The number of hydrogen-bond donors (Lipinski definition) is 1. The average molecular weight is 290 g/mol. The van der Waals surface area contributed by atoms with E-state index in [9.17, 15) is 0 Å². The molecule has 5 heteroatoms. The third-order valence-corrected chi connectivity index (χ3v) is 2.86. The predicted octanol–water partition coefficient (Wildman–Crippen LogP) is 3.18. The highest BCUT2D eigenvalue weighted by atomic mass is 35.5. The number of ether oxygens (including phenoxy) is 3. The molecule has 0 radical (unpaired) electrons. The summed E-state index contributed by atoms with van der Waals surface area (Å²) in [5, 5.41) is 0. The number of nitrogens with two attached hydrogens (primary N) is 1. The first-order valence-electron chi connectivity index (χ1n) is 6.09. The standard InChI is InChI=1S/C14H23NO3.ClH/c1-9(2)6-11(15)10-7-13(17-4)14(18-5)8-12(10)16-3;/h7-9,11H,6,15H2,1-5H3;1H/t11-;/m0./s1. The summed E-state index contributed by atoms with van der Waals surface area (Å²) in [6.45, 7) is 4.29. The molecule has 0 aliphatic carbocycles. The minimum Gasteiger partial charge on any atom is -0.496 e. The van der Waals surface area contributed by atoms with Crippen molar-refractivity contribution in [1.82, 2.24) is 0 Å². The highest BCUT2D eigenvalue weighted by Crippen LogP contribution is 2.38. The Kier molecular flexibility index (Phi) is 7.64. The largest absolute Gasteiger partial charge is 0.496 e. The van der Waals surface area contributed by atoms with Crippen LogP contribution in [0.4, 0.5) is 0 Å². The fourth-order valence-electron chi connectivity index (χ4n) is 1.98. The molecule has 0 aliphatic heterocycles. The lowest BCUT2D eigenvalue weighted by atomic mass is 9.96. The minimum absolute atomic E-state index is 0. The van der Waals surface area contributed by atoms with Gasteiger partial charge in [-0.2, -0.15) is 0 Å². The summed E-state index contributed by atoms with van der Waals surface area (Å²) in [5.74, 6) is 2.58. The van der Waals surface area contributed by atoms with Crippen LogP contribution in [0.1, 0.15) is 31.9 Å².